The van der Waals surface area contributed by atoms with E-state index >= 15 is 0 Å². The highest BCUT2D eigenvalue weighted by Gasteiger charge is 2.15. The van der Waals surface area contributed by atoms with Crippen molar-refractivity contribution in [1.82, 2.24) is 4.57 Å². The molecule has 0 bridgehead atoms. The first-order valence-electron chi connectivity index (χ1n) is 6.69. The third kappa shape index (κ3) is 2.31. The lowest BCUT2D eigenvalue weighted by molar-refractivity contribution is 0.101. The van der Waals surface area contributed by atoms with Gasteiger partial charge in [0.1, 0.15) is 13.2 Å². The summed E-state index contributed by atoms with van der Waals surface area (Å²) >= 11 is 0. The number of carbonyl (C=O) groups is 1. The number of pyridine rings is 1. The number of rotatable bonds is 2. The Morgan fingerprint density at radius 1 is 1.10 bits per heavy atom. The van der Waals surface area contributed by atoms with Gasteiger partial charge in [0, 0.05) is 12.6 Å². The van der Waals surface area contributed by atoms with Crippen LogP contribution in [0.1, 0.15) is 17.3 Å². The van der Waals surface area contributed by atoms with Gasteiger partial charge in [0.2, 0.25) is 0 Å². The number of nitrogens with zero attached hydrogens (tertiary/aromatic N) is 1. The third-order valence-electron chi connectivity index (χ3n) is 3.52. The van der Waals surface area contributed by atoms with Crippen LogP contribution in [0.15, 0.2) is 35.1 Å². The molecule has 5 heteroatoms. The molecule has 0 N–H and O–H groups in total. The standard InChI is InChI=1S/C16H15NO4/c1-10(18)12-4-5-13(17(2)16(12)19)11-3-6-14-15(9-11)21-8-7-20-14/h3-6,9H,7-8H2,1-2H3. The van der Waals surface area contributed by atoms with Crippen molar-refractivity contribution in [3.05, 3.63) is 46.2 Å². The number of benzene rings is 1. The summed E-state index contributed by atoms with van der Waals surface area (Å²) in [6.45, 7) is 2.44. The molecule has 21 heavy (non-hydrogen) atoms. The highest BCUT2D eigenvalue weighted by atomic mass is 16.6. The van der Waals surface area contributed by atoms with Crippen LogP contribution in [-0.2, 0) is 7.05 Å². The second-order valence-corrected chi connectivity index (χ2v) is 4.91. The van der Waals surface area contributed by atoms with Crippen molar-refractivity contribution < 1.29 is 14.3 Å². The molecule has 0 spiro atoms. The Morgan fingerprint density at radius 3 is 2.52 bits per heavy atom. The molecule has 0 saturated carbocycles. The van der Waals surface area contributed by atoms with Crippen LogP contribution in [0.4, 0.5) is 0 Å². The van der Waals surface area contributed by atoms with E-state index in [4.69, 9.17) is 9.47 Å². The van der Waals surface area contributed by atoms with Crippen molar-refractivity contribution in [2.24, 2.45) is 7.05 Å². The van der Waals surface area contributed by atoms with E-state index in [0.29, 0.717) is 24.7 Å². The van der Waals surface area contributed by atoms with Crippen LogP contribution in [0, 0.1) is 0 Å². The zero-order valence-corrected chi connectivity index (χ0v) is 11.9. The fraction of sp³-hybridized carbons (Fsp3) is 0.250. The van der Waals surface area contributed by atoms with Gasteiger partial charge < -0.3 is 14.0 Å². The van der Waals surface area contributed by atoms with E-state index in [0.717, 1.165) is 11.3 Å². The second kappa shape index (κ2) is 5.09. The zero-order chi connectivity index (χ0) is 15.0. The Labute approximate surface area is 121 Å². The van der Waals surface area contributed by atoms with E-state index in [2.05, 4.69) is 0 Å². The lowest BCUT2D eigenvalue weighted by atomic mass is 10.1. The van der Waals surface area contributed by atoms with Gasteiger partial charge in [-0.1, -0.05) is 0 Å². The number of ether oxygens (including phenoxy) is 2. The van der Waals surface area contributed by atoms with Gasteiger partial charge in [0.15, 0.2) is 17.3 Å². The zero-order valence-electron chi connectivity index (χ0n) is 11.9. The second-order valence-electron chi connectivity index (χ2n) is 4.91. The third-order valence-corrected chi connectivity index (χ3v) is 3.52. The molecule has 0 radical (unpaired) electrons. The van der Waals surface area contributed by atoms with Crippen molar-refractivity contribution in [1.29, 1.82) is 0 Å². The lowest BCUT2D eigenvalue weighted by Crippen LogP contribution is -2.24. The molecule has 0 aliphatic carbocycles. The smallest absolute Gasteiger partial charge is 0.261 e. The number of hydrogen-bond donors (Lipinski definition) is 0. The lowest BCUT2D eigenvalue weighted by Gasteiger charge is -2.19. The summed E-state index contributed by atoms with van der Waals surface area (Å²) in [5, 5.41) is 0. The fourth-order valence-corrected chi connectivity index (χ4v) is 2.40. The van der Waals surface area contributed by atoms with Crippen molar-refractivity contribution in [3.8, 4) is 22.8 Å². The van der Waals surface area contributed by atoms with Crippen LogP contribution in [0.3, 0.4) is 0 Å². The first-order chi connectivity index (χ1) is 10.1. The topological polar surface area (TPSA) is 57.5 Å². The Morgan fingerprint density at radius 2 is 1.81 bits per heavy atom. The van der Waals surface area contributed by atoms with E-state index in [1.807, 2.05) is 18.2 Å². The Balaban J connectivity index is 2.11. The summed E-state index contributed by atoms with van der Waals surface area (Å²) < 4.78 is 12.5. The number of hydrogen-bond acceptors (Lipinski definition) is 4. The van der Waals surface area contributed by atoms with Crippen LogP contribution in [0.2, 0.25) is 0 Å². The quantitative estimate of drug-likeness (QED) is 0.792. The summed E-state index contributed by atoms with van der Waals surface area (Å²) in [5.41, 5.74) is 1.46. The van der Waals surface area contributed by atoms with Crippen LogP contribution in [-0.4, -0.2) is 23.6 Å². The first-order valence-corrected chi connectivity index (χ1v) is 6.69. The number of fused-ring (bicyclic) bond motifs is 1. The number of aromatic nitrogens is 1. The van der Waals surface area contributed by atoms with Crippen molar-refractivity contribution >= 4 is 5.78 Å². The normalized spacial score (nSPS) is 13.0. The van der Waals surface area contributed by atoms with E-state index in [9.17, 15) is 9.59 Å². The molecule has 1 aliphatic rings. The van der Waals surface area contributed by atoms with E-state index in [1.165, 1.54) is 11.5 Å². The fourth-order valence-electron chi connectivity index (χ4n) is 2.40. The van der Waals surface area contributed by atoms with Gasteiger partial charge in [-0.15, -0.1) is 0 Å². The van der Waals surface area contributed by atoms with Crippen molar-refractivity contribution in [2.75, 3.05) is 13.2 Å². The molecule has 0 saturated heterocycles. The Hall–Kier alpha value is -2.56. The monoisotopic (exact) mass is 285 g/mol. The average molecular weight is 285 g/mol. The van der Waals surface area contributed by atoms with E-state index in [-0.39, 0.29) is 16.9 Å². The first kappa shape index (κ1) is 13.4. The maximum atomic E-state index is 12.2. The van der Waals surface area contributed by atoms with Crippen LogP contribution < -0.4 is 15.0 Å². The summed E-state index contributed by atoms with van der Waals surface area (Å²) in [4.78, 5) is 23.6. The molecule has 0 atom stereocenters. The molecule has 0 fully saturated rings. The van der Waals surface area contributed by atoms with Gasteiger partial charge >= 0.3 is 0 Å². The minimum atomic E-state index is -0.296. The molecule has 1 aromatic heterocycles. The van der Waals surface area contributed by atoms with E-state index in [1.54, 1.807) is 19.2 Å². The summed E-state index contributed by atoms with van der Waals surface area (Å²) in [5.74, 6) is 1.14. The Bertz CT molecular complexity index is 776. The minimum Gasteiger partial charge on any atom is -0.486 e. The van der Waals surface area contributed by atoms with Gasteiger partial charge in [-0.05, 0) is 37.3 Å². The molecule has 1 aromatic carbocycles. The molecule has 0 unspecified atom stereocenters. The molecular formula is C16H15NO4. The molecule has 1 aliphatic heterocycles. The highest BCUT2D eigenvalue weighted by Crippen LogP contribution is 2.34. The summed E-state index contributed by atoms with van der Waals surface area (Å²) in [6, 6.07) is 8.87. The molecule has 108 valence electrons. The predicted molar refractivity (Wildman–Crippen MR) is 78.1 cm³/mol. The van der Waals surface area contributed by atoms with Gasteiger partial charge in [-0.3, -0.25) is 9.59 Å². The van der Waals surface area contributed by atoms with Crippen LogP contribution in [0.25, 0.3) is 11.3 Å². The largest absolute Gasteiger partial charge is 0.486 e. The van der Waals surface area contributed by atoms with Gasteiger partial charge in [0.05, 0.1) is 11.3 Å². The SMILES string of the molecule is CC(=O)c1ccc(-c2ccc3c(c2)OCCO3)n(C)c1=O. The predicted octanol–water partition coefficient (Wildman–Crippen LogP) is 2.03. The number of Topliss-reactive ketones (excluding diaryl/α,β-unsaturated/α-hetero) is 1. The van der Waals surface area contributed by atoms with Crippen molar-refractivity contribution in [2.45, 2.75) is 6.92 Å². The van der Waals surface area contributed by atoms with Crippen molar-refractivity contribution in [3.63, 3.8) is 0 Å². The van der Waals surface area contributed by atoms with Gasteiger partial charge in [-0.25, -0.2) is 0 Å². The number of carbonyl (C=O) groups excluding carboxylic acids is 1. The number of ketones is 1. The summed E-state index contributed by atoms with van der Waals surface area (Å²) in [6.07, 6.45) is 0. The molecular weight excluding hydrogens is 270 g/mol. The van der Waals surface area contributed by atoms with Gasteiger partial charge in [-0.2, -0.15) is 0 Å². The van der Waals surface area contributed by atoms with E-state index < -0.39 is 0 Å². The molecule has 0 amide bonds. The molecule has 2 heterocycles. The van der Waals surface area contributed by atoms with Crippen LogP contribution in [0.5, 0.6) is 11.5 Å². The summed E-state index contributed by atoms with van der Waals surface area (Å²) in [7, 11) is 1.65. The Kier molecular flexibility index (Phi) is 3.25. The highest BCUT2D eigenvalue weighted by molar-refractivity contribution is 5.94. The maximum Gasteiger partial charge on any atom is 0.261 e. The van der Waals surface area contributed by atoms with Gasteiger partial charge in [0.25, 0.3) is 5.56 Å². The average Bonchev–Trinajstić information content (AvgIpc) is 2.49. The minimum absolute atomic E-state index is 0.193. The molecule has 3 rings (SSSR count). The maximum absolute atomic E-state index is 12.2. The molecule has 2 aromatic rings. The van der Waals surface area contributed by atoms with Crippen LogP contribution >= 0.6 is 0 Å². The molecule has 5 nitrogen and oxygen atoms in total.